The number of nitrogen functional groups attached to an aromatic ring is 1. The van der Waals surface area contributed by atoms with Crippen LogP contribution in [0.1, 0.15) is 26.7 Å². The molecule has 1 saturated carbocycles. The van der Waals surface area contributed by atoms with Crippen molar-refractivity contribution in [3.05, 3.63) is 18.2 Å². The van der Waals surface area contributed by atoms with Gasteiger partial charge in [-0.15, -0.1) is 0 Å². The van der Waals surface area contributed by atoms with Crippen LogP contribution in [0.5, 0.6) is 5.75 Å². The summed E-state index contributed by atoms with van der Waals surface area (Å²) >= 11 is 0. The van der Waals surface area contributed by atoms with Gasteiger partial charge in [0.05, 0.1) is 17.7 Å². The zero-order valence-electron chi connectivity index (χ0n) is 12.2. The van der Waals surface area contributed by atoms with Gasteiger partial charge in [0.1, 0.15) is 5.75 Å². The lowest BCUT2D eigenvalue weighted by Gasteiger charge is -2.26. The third-order valence-corrected chi connectivity index (χ3v) is 5.56. The minimum absolute atomic E-state index is 0.0656. The van der Waals surface area contributed by atoms with E-state index in [1.807, 2.05) is 13.8 Å². The zero-order chi connectivity index (χ0) is 14.9. The fourth-order valence-electron chi connectivity index (χ4n) is 2.13. The van der Waals surface area contributed by atoms with E-state index in [1.165, 1.54) is 19.2 Å². The Labute approximate surface area is 120 Å². The summed E-state index contributed by atoms with van der Waals surface area (Å²) in [5.41, 5.74) is 6.17. The summed E-state index contributed by atoms with van der Waals surface area (Å²) in [6.07, 6.45) is 2.23. The Kier molecular flexibility index (Phi) is 4.25. The molecule has 0 saturated heterocycles. The molecule has 0 atom stereocenters. The molecule has 0 radical (unpaired) electrons. The molecular formula is C14H22N2O3S. The summed E-state index contributed by atoms with van der Waals surface area (Å²) < 4.78 is 32.2. The van der Waals surface area contributed by atoms with Gasteiger partial charge in [-0.2, -0.15) is 4.31 Å². The van der Waals surface area contributed by atoms with Crippen LogP contribution in [0.25, 0.3) is 0 Å². The smallest absolute Gasteiger partial charge is 0.243 e. The second-order valence-corrected chi connectivity index (χ2v) is 7.41. The van der Waals surface area contributed by atoms with Gasteiger partial charge in [-0.05, 0) is 44.7 Å². The van der Waals surface area contributed by atoms with Crippen molar-refractivity contribution in [3.8, 4) is 5.75 Å². The third kappa shape index (κ3) is 3.07. The van der Waals surface area contributed by atoms with Gasteiger partial charge in [-0.1, -0.05) is 0 Å². The fraction of sp³-hybridized carbons (Fsp3) is 0.571. The molecule has 1 fully saturated rings. The number of anilines is 1. The zero-order valence-corrected chi connectivity index (χ0v) is 13.0. The fourth-order valence-corrected chi connectivity index (χ4v) is 3.86. The Morgan fingerprint density at radius 1 is 1.40 bits per heavy atom. The highest BCUT2D eigenvalue weighted by Crippen LogP contribution is 2.33. The lowest BCUT2D eigenvalue weighted by molar-refractivity contribution is 0.341. The number of hydrogen-bond donors (Lipinski definition) is 1. The Bertz CT molecular complexity index is 580. The molecule has 1 aliphatic rings. The highest BCUT2D eigenvalue weighted by molar-refractivity contribution is 7.89. The number of sulfonamides is 1. The normalized spacial score (nSPS) is 15.8. The van der Waals surface area contributed by atoms with Gasteiger partial charge in [0.2, 0.25) is 10.0 Å². The van der Waals surface area contributed by atoms with Gasteiger partial charge in [0.15, 0.2) is 0 Å². The molecule has 0 heterocycles. The van der Waals surface area contributed by atoms with Gasteiger partial charge >= 0.3 is 0 Å². The van der Waals surface area contributed by atoms with E-state index in [0.717, 1.165) is 12.8 Å². The summed E-state index contributed by atoms with van der Waals surface area (Å²) in [5.74, 6) is 0.893. The summed E-state index contributed by atoms with van der Waals surface area (Å²) in [7, 11) is -2.03. The monoisotopic (exact) mass is 298 g/mol. The maximum Gasteiger partial charge on any atom is 0.243 e. The van der Waals surface area contributed by atoms with Crippen molar-refractivity contribution in [2.75, 3.05) is 19.4 Å². The first-order valence-electron chi connectivity index (χ1n) is 6.81. The molecule has 1 aromatic rings. The first-order chi connectivity index (χ1) is 9.36. The van der Waals surface area contributed by atoms with Crippen LogP contribution in [0.2, 0.25) is 0 Å². The lowest BCUT2D eigenvalue weighted by atomic mass is 10.3. The third-order valence-electron chi connectivity index (χ3n) is 3.52. The summed E-state index contributed by atoms with van der Waals surface area (Å²) in [4.78, 5) is 0.234. The van der Waals surface area contributed by atoms with E-state index in [9.17, 15) is 8.42 Å². The van der Waals surface area contributed by atoms with Crippen molar-refractivity contribution >= 4 is 15.7 Å². The van der Waals surface area contributed by atoms with Crippen LogP contribution in [0.15, 0.2) is 23.1 Å². The minimum atomic E-state index is -3.51. The topological polar surface area (TPSA) is 72.6 Å². The quantitative estimate of drug-likeness (QED) is 0.816. The molecule has 6 heteroatoms. The standard InChI is InChI=1S/C14H22N2O3S/c1-10(2)16(9-11-4-5-11)20(17,18)12-6-7-13(15)14(8-12)19-3/h6-8,10-11H,4-5,9,15H2,1-3H3. The van der Waals surface area contributed by atoms with Crippen molar-refractivity contribution in [1.29, 1.82) is 0 Å². The Morgan fingerprint density at radius 2 is 2.05 bits per heavy atom. The summed E-state index contributed by atoms with van der Waals surface area (Å²) in [6, 6.07) is 4.54. The van der Waals surface area contributed by atoms with Crippen molar-refractivity contribution in [3.63, 3.8) is 0 Å². The van der Waals surface area contributed by atoms with E-state index >= 15 is 0 Å². The highest BCUT2D eigenvalue weighted by atomic mass is 32.2. The van der Waals surface area contributed by atoms with Crippen LogP contribution in [-0.4, -0.2) is 32.4 Å². The largest absolute Gasteiger partial charge is 0.495 e. The number of benzene rings is 1. The number of rotatable bonds is 6. The molecule has 0 amide bonds. The van der Waals surface area contributed by atoms with E-state index in [4.69, 9.17) is 10.5 Å². The SMILES string of the molecule is COc1cc(S(=O)(=O)N(CC2CC2)C(C)C)ccc1N. The Morgan fingerprint density at radius 3 is 2.55 bits per heavy atom. The molecule has 0 unspecified atom stereocenters. The average Bonchev–Trinajstić information content (AvgIpc) is 3.19. The van der Waals surface area contributed by atoms with Gasteiger partial charge in [0, 0.05) is 18.7 Å². The molecule has 1 aromatic carbocycles. The number of nitrogens with zero attached hydrogens (tertiary/aromatic N) is 1. The molecule has 5 nitrogen and oxygen atoms in total. The average molecular weight is 298 g/mol. The van der Waals surface area contributed by atoms with Crippen LogP contribution in [0.4, 0.5) is 5.69 Å². The predicted octanol–water partition coefficient (Wildman–Crippen LogP) is 2.09. The van der Waals surface area contributed by atoms with Crippen molar-refractivity contribution < 1.29 is 13.2 Å². The molecule has 2 rings (SSSR count). The number of hydrogen-bond acceptors (Lipinski definition) is 4. The van der Waals surface area contributed by atoms with E-state index < -0.39 is 10.0 Å². The first kappa shape index (κ1) is 15.1. The van der Waals surface area contributed by atoms with Crippen molar-refractivity contribution in [2.24, 2.45) is 5.92 Å². The number of methoxy groups -OCH3 is 1. The maximum absolute atomic E-state index is 12.7. The predicted molar refractivity (Wildman–Crippen MR) is 79.2 cm³/mol. The molecule has 0 aliphatic heterocycles. The first-order valence-corrected chi connectivity index (χ1v) is 8.25. The maximum atomic E-state index is 12.7. The van der Waals surface area contributed by atoms with E-state index in [-0.39, 0.29) is 10.9 Å². The number of ether oxygens (including phenoxy) is 1. The van der Waals surface area contributed by atoms with Crippen LogP contribution >= 0.6 is 0 Å². The molecule has 112 valence electrons. The molecule has 2 N–H and O–H groups in total. The van der Waals surface area contributed by atoms with Gasteiger partial charge in [-0.3, -0.25) is 0 Å². The Balaban J connectivity index is 2.36. The second-order valence-electron chi connectivity index (χ2n) is 5.52. The second kappa shape index (κ2) is 5.61. The van der Waals surface area contributed by atoms with Crippen LogP contribution in [0.3, 0.4) is 0 Å². The van der Waals surface area contributed by atoms with Gasteiger partial charge < -0.3 is 10.5 Å². The van der Waals surface area contributed by atoms with Gasteiger partial charge in [0.25, 0.3) is 0 Å². The summed E-state index contributed by atoms with van der Waals surface area (Å²) in [6.45, 7) is 4.38. The highest BCUT2D eigenvalue weighted by Gasteiger charge is 2.33. The van der Waals surface area contributed by atoms with Gasteiger partial charge in [-0.25, -0.2) is 8.42 Å². The minimum Gasteiger partial charge on any atom is -0.495 e. The van der Waals surface area contributed by atoms with Crippen molar-refractivity contribution in [2.45, 2.75) is 37.6 Å². The van der Waals surface area contributed by atoms with E-state index in [0.29, 0.717) is 23.9 Å². The van der Waals surface area contributed by atoms with E-state index in [2.05, 4.69) is 0 Å². The van der Waals surface area contributed by atoms with Crippen molar-refractivity contribution in [1.82, 2.24) is 4.31 Å². The summed E-state index contributed by atoms with van der Waals surface area (Å²) in [5, 5.41) is 0. The molecule has 0 aromatic heterocycles. The van der Waals surface area contributed by atoms with Crippen LogP contribution in [-0.2, 0) is 10.0 Å². The lowest BCUT2D eigenvalue weighted by Crippen LogP contribution is -2.38. The molecule has 1 aliphatic carbocycles. The molecule has 0 spiro atoms. The van der Waals surface area contributed by atoms with Crippen LogP contribution in [0, 0.1) is 5.92 Å². The van der Waals surface area contributed by atoms with E-state index in [1.54, 1.807) is 10.4 Å². The Hall–Kier alpha value is -1.27. The molecule has 0 bridgehead atoms. The molecule has 20 heavy (non-hydrogen) atoms. The number of nitrogens with two attached hydrogens (primary N) is 1. The molecular weight excluding hydrogens is 276 g/mol. The van der Waals surface area contributed by atoms with Crippen LogP contribution < -0.4 is 10.5 Å².